The Morgan fingerprint density at radius 1 is 1.14 bits per heavy atom. The highest BCUT2D eigenvalue weighted by molar-refractivity contribution is 5.40. The SMILES string of the molecule is NC(CC1Cc2ccccc21)c1cccc(OC(F)F)c1. The van der Waals surface area contributed by atoms with Crippen molar-refractivity contribution in [3.05, 3.63) is 65.2 Å². The van der Waals surface area contributed by atoms with Gasteiger partial charge in [0, 0.05) is 6.04 Å². The average Bonchev–Trinajstić information content (AvgIpc) is 2.44. The van der Waals surface area contributed by atoms with Crippen LogP contribution in [0.1, 0.15) is 35.1 Å². The van der Waals surface area contributed by atoms with Gasteiger partial charge in [-0.05, 0) is 47.6 Å². The van der Waals surface area contributed by atoms with Gasteiger partial charge in [0.2, 0.25) is 0 Å². The predicted octanol–water partition coefficient (Wildman–Crippen LogP) is 4.02. The maximum absolute atomic E-state index is 12.2. The van der Waals surface area contributed by atoms with E-state index in [1.807, 2.05) is 18.2 Å². The van der Waals surface area contributed by atoms with Gasteiger partial charge in [-0.25, -0.2) is 0 Å². The number of rotatable bonds is 5. The average molecular weight is 289 g/mol. The van der Waals surface area contributed by atoms with Crippen LogP contribution in [0.2, 0.25) is 0 Å². The van der Waals surface area contributed by atoms with Crippen molar-refractivity contribution in [1.82, 2.24) is 0 Å². The van der Waals surface area contributed by atoms with Gasteiger partial charge in [0.15, 0.2) is 0 Å². The van der Waals surface area contributed by atoms with Crippen molar-refractivity contribution in [2.75, 3.05) is 0 Å². The fourth-order valence-corrected chi connectivity index (χ4v) is 2.94. The first kappa shape index (κ1) is 14.0. The molecule has 0 amide bonds. The Morgan fingerprint density at radius 2 is 1.95 bits per heavy atom. The third kappa shape index (κ3) is 3.05. The monoisotopic (exact) mass is 289 g/mol. The first-order valence-electron chi connectivity index (χ1n) is 7.01. The largest absolute Gasteiger partial charge is 0.435 e. The zero-order chi connectivity index (χ0) is 14.8. The molecule has 0 radical (unpaired) electrons. The third-order valence-corrected chi connectivity index (χ3v) is 4.01. The molecule has 0 aromatic heterocycles. The number of halogens is 2. The number of hydrogen-bond acceptors (Lipinski definition) is 2. The smallest absolute Gasteiger partial charge is 0.387 e. The van der Waals surface area contributed by atoms with Crippen LogP contribution in [0.25, 0.3) is 0 Å². The summed E-state index contributed by atoms with van der Waals surface area (Å²) in [7, 11) is 0. The molecule has 2 aromatic rings. The summed E-state index contributed by atoms with van der Waals surface area (Å²) in [4.78, 5) is 0. The second-order valence-corrected chi connectivity index (χ2v) is 5.39. The summed E-state index contributed by atoms with van der Waals surface area (Å²) in [6.07, 6.45) is 1.85. The van der Waals surface area contributed by atoms with E-state index in [1.165, 1.54) is 17.2 Å². The summed E-state index contributed by atoms with van der Waals surface area (Å²) in [5, 5.41) is 0. The molecule has 3 rings (SSSR count). The first-order valence-corrected chi connectivity index (χ1v) is 7.01. The topological polar surface area (TPSA) is 35.2 Å². The van der Waals surface area contributed by atoms with Crippen molar-refractivity contribution in [3.8, 4) is 5.75 Å². The van der Waals surface area contributed by atoms with Crippen molar-refractivity contribution in [3.63, 3.8) is 0 Å². The summed E-state index contributed by atoms with van der Waals surface area (Å²) >= 11 is 0. The van der Waals surface area contributed by atoms with E-state index in [1.54, 1.807) is 12.1 Å². The van der Waals surface area contributed by atoms with Crippen LogP contribution in [-0.2, 0) is 6.42 Å². The highest BCUT2D eigenvalue weighted by Gasteiger charge is 2.27. The van der Waals surface area contributed by atoms with E-state index in [2.05, 4.69) is 16.9 Å². The van der Waals surface area contributed by atoms with Crippen LogP contribution >= 0.6 is 0 Å². The minimum atomic E-state index is -2.81. The summed E-state index contributed by atoms with van der Waals surface area (Å²) < 4.78 is 28.9. The number of benzene rings is 2. The van der Waals surface area contributed by atoms with E-state index >= 15 is 0 Å². The lowest BCUT2D eigenvalue weighted by molar-refractivity contribution is -0.0499. The molecule has 2 N–H and O–H groups in total. The quantitative estimate of drug-likeness (QED) is 0.902. The molecule has 2 unspecified atom stereocenters. The van der Waals surface area contributed by atoms with Crippen LogP contribution in [0.3, 0.4) is 0 Å². The van der Waals surface area contributed by atoms with Crippen LogP contribution in [0.15, 0.2) is 48.5 Å². The highest BCUT2D eigenvalue weighted by atomic mass is 19.3. The third-order valence-electron chi connectivity index (χ3n) is 4.01. The molecular formula is C17H17F2NO. The van der Waals surface area contributed by atoms with E-state index in [-0.39, 0.29) is 11.8 Å². The van der Waals surface area contributed by atoms with Crippen molar-refractivity contribution >= 4 is 0 Å². The predicted molar refractivity (Wildman–Crippen MR) is 77.5 cm³/mol. The van der Waals surface area contributed by atoms with Crippen molar-refractivity contribution < 1.29 is 13.5 Å². The van der Waals surface area contributed by atoms with Crippen LogP contribution < -0.4 is 10.5 Å². The van der Waals surface area contributed by atoms with Crippen molar-refractivity contribution in [1.29, 1.82) is 0 Å². The molecule has 0 heterocycles. The van der Waals surface area contributed by atoms with Gasteiger partial charge in [-0.2, -0.15) is 8.78 Å². The number of ether oxygens (including phenoxy) is 1. The molecule has 0 bridgehead atoms. The number of fused-ring (bicyclic) bond motifs is 1. The fraction of sp³-hybridized carbons (Fsp3) is 0.294. The lowest BCUT2D eigenvalue weighted by atomic mass is 9.74. The zero-order valence-corrected chi connectivity index (χ0v) is 11.5. The van der Waals surface area contributed by atoms with Gasteiger partial charge in [0.25, 0.3) is 0 Å². The molecule has 21 heavy (non-hydrogen) atoms. The minimum Gasteiger partial charge on any atom is -0.435 e. The Labute approximate surface area is 122 Å². The van der Waals surface area contributed by atoms with Crippen LogP contribution in [0, 0.1) is 0 Å². The van der Waals surface area contributed by atoms with Crippen LogP contribution in [0.4, 0.5) is 8.78 Å². The molecule has 4 heteroatoms. The van der Waals surface area contributed by atoms with Gasteiger partial charge in [-0.15, -0.1) is 0 Å². The second kappa shape index (κ2) is 5.82. The Kier molecular flexibility index (Phi) is 3.88. The van der Waals surface area contributed by atoms with E-state index in [0.29, 0.717) is 5.92 Å². The van der Waals surface area contributed by atoms with Gasteiger partial charge >= 0.3 is 6.61 Å². The van der Waals surface area contributed by atoms with E-state index < -0.39 is 6.61 Å². The molecule has 110 valence electrons. The molecule has 0 fully saturated rings. The Balaban J connectivity index is 1.68. The summed E-state index contributed by atoms with van der Waals surface area (Å²) in [5.74, 6) is 0.614. The number of nitrogens with two attached hydrogens (primary N) is 1. The first-order chi connectivity index (χ1) is 10.1. The van der Waals surface area contributed by atoms with Crippen LogP contribution in [-0.4, -0.2) is 6.61 Å². The molecule has 0 saturated carbocycles. The molecule has 0 aliphatic heterocycles. The lowest BCUT2D eigenvalue weighted by Gasteiger charge is -2.32. The maximum atomic E-state index is 12.2. The molecule has 2 nitrogen and oxygen atoms in total. The molecule has 1 aliphatic rings. The van der Waals surface area contributed by atoms with Gasteiger partial charge in [-0.1, -0.05) is 36.4 Å². The Hall–Kier alpha value is -1.94. The minimum absolute atomic E-state index is 0.159. The van der Waals surface area contributed by atoms with Gasteiger partial charge < -0.3 is 10.5 Å². The molecule has 1 aliphatic carbocycles. The molecule has 0 spiro atoms. The number of alkyl halides is 2. The standard InChI is InChI=1S/C17H17F2NO/c18-17(19)21-14-6-3-5-12(9-14)16(20)10-13-8-11-4-1-2-7-15(11)13/h1-7,9,13,16-17H,8,10,20H2. The van der Waals surface area contributed by atoms with E-state index in [9.17, 15) is 8.78 Å². The van der Waals surface area contributed by atoms with E-state index in [4.69, 9.17) is 5.73 Å². The fourth-order valence-electron chi connectivity index (χ4n) is 2.94. The van der Waals surface area contributed by atoms with Crippen molar-refractivity contribution in [2.24, 2.45) is 5.73 Å². The maximum Gasteiger partial charge on any atom is 0.387 e. The zero-order valence-electron chi connectivity index (χ0n) is 11.5. The summed E-state index contributed by atoms with van der Waals surface area (Å²) in [6, 6.07) is 14.8. The number of hydrogen-bond donors (Lipinski definition) is 1. The summed E-state index contributed by atoms with van der Waals surface area (Å²) in [6.45, 7) is -2.81. The second-order valence-electron chi connectivity index (χ2n) is 5.39. The van der Waals surface area contributed by atoms with Crippen molar-refractivity contribution in [2.45, 2.75) is 31.4 Å². The van der Waals surface area contributed by atoms with Gasteiger partial charge in [0.1, 0.15) is 5.75 Å². The molecule has 0 saturated heterocycles. The van der Waals surface area contributed by atoms with E-state index in [0.717, 1.165) is 18.4 Å². The lowest BCUT2D eigenvalue weighted by Crippen LogP contribution is -2.22. The Morgan fingerprint density at radius 3 is 2.71 bits per heavy atom. The Bertz CT molecular complexity index is 630. The summed E-state index contributed by atoms with van der Waals surface area (Å²) in [5.41, 5.74) is 9.78. The van der Waals surface area contributed by atoms with Gasteiger partial charge in [0.05, 0.1) is 0 Å². The molecule has 2 aromatic carbocycles. The molecule has 2 atom stereocenters. The van der Waals surface area contributed by atoms with Crippen LogP contribution in [0.5, 0.6) is 5.75 Å². The van der Waals surface area contributed by atoms with Gasteiger partial charge in [-0.3, -0.25) is 0 Å². The normalized spacial score (nSPS) is 18.0. The highest BCUT2D eigenvalue weighted by Crippen LogP contribution is 2.40. The molecular weight excluding hydrogens is 272 g/mol.